The van der Waals surface area contributed by atoms with E-state index >= 15 is 0 Å². The average Bonchev–Trinajstić information content (AvgIpc) is 2.87. The van der Waals surface area contributed by atoms with E-state index in [0.717, 1.165) is 12.2 Å². The van der Waals surface area contributed by atoms with Gasteiger partial charge in [-0.15, -0.1) is 0 Å². The van der Waals surface area contributed by atoms with Gasteiger partial charge in [0.05, 0.1) is 7.11 Å². The van der Waals surface area contributed by atoms with E-state index in [1.54, 1.807) is 7.11 Å². The lowest BCUT2D eigenvalue weighted by Gasteiger charge is -2.20. The summed E-state index contributed by atoms with van der Waals surface area (Å²) in [7, 11) is 6.07. The Labute approximate surface area is 127 Å². The number of hydrogen-bond acceptors (Lipinski definition) is 2. The lowest BCUT2D eigenvalue weighted by atomic mass is 9.93. The molecule has 2 aromatic rings. The van der Waals surface area contributed by atoms with E-state index in [9.17, 15) is 0 Å². The predicted octanol–water partition coefficient (Wildman–Crippen LogP) is 4.03. The first-order chi connectivity index (χ1) is 10.2. The molecule has 2 aromatic carbocycles. The van der Waals surface area contributed by atoms with Crippen LogP contribution in [-0.2, 0) is 6.42 Å². The van der Waals surface area contributed by atoms with Crippen molar-refractivity contribution in [3.8, 4) is 5.75 Å². The van der Waals surface area contributed by atoms with E-state index in [4.69, 9.17) is 4.74 Å². The monoisotopic (exact) mass is 281 g/mol. The molecule has 1 aliphatic carbocycles. The van der Waals surface area contributed by atoms with Crippen molar-refractivity contribution in [2.45, 2.75) is 24.8 Å². The third-order valence-electron chi connectivity index (χ3n) is 4.57. The molecule has 0 bridgehead atoms. The standard InChI is InChI=1S/C19H23NO/c1-20(2)19-13-15(17-6-4-5-7-18(17)19)12-14-8-10-16(21-3)11-9-14/h4-11,15,19H,12-13H2,1-3H3. The summed E-state index contributed by atoms with van der Waals surface area (Å²) in [6.07, 6.45) is 2.31. The summed E-state index contributed by atoms with van der Waals surface area (Å²) in [5, 5.41) is 0. The molecule has 2 heteroatoms. The number of nitrogens with zero attached hydrogens (tertiary/aromatic N) is 1. The smallest absolute Gasteiger partial charge is 0.118 e. The summed E-state index contributed by atoms with van der Waals surface area (Å²) in [6, 6.07) is 17.9. The Morgan fingerprint density at radius 3 is 2.29 bits per heavy atom. The predicted molar refractivity (Wildman–Crippen MR) is 86.9 cm³/mol. The van der Waals surface area contributed by atoms with E-state index in [2.05, 4.69) is 67.5 Å². The van der Waals surface area contributed by atoms with Crippen LogP contribution in [0.15, 0.2) is 48.5 Å². The van der Waals surface area contributed by atoms with E-state index in [0.29, 0.717) is 12.0 Å². The molecule has 0 radical (unpaired) electrons. The summed E-state index contributed by atoms with van der Waals surface area (Å²) >= 11 is 0. The van der Waals surface area contributed by atoms with Crippen molar-refractivity contribution in [3.05, 3.63) is 65.2 Å². The van der Waals surface area contributed by atoms with E-state index < -0.39 is 0 Å². The molecular formula is C19H23NO. The van der Waals surface area contributed by atoms with Gasteiger partial charge in [-0.2, -0.15) is 0 Å². The topological polar surface area (TPSA) is 12.5 Å². The van der Waals surface area contributed by atoms with Gasteiger partial charge in [0, 0.05) is 6.04 Å². The van der Waals surface area contributed by atoms with Gasteiger partial charge in [0.25, 0.3) is 0 Å². The number of ether oxygens (including phenoxy) is 1. The maximum absolute atomic E-state index is 5.24. The number of hydrogen-bond donors (Lipinski definition) is 0. The van der Waals surface area contributed by atoms with Crippen LogP contribution in [0, 0.1) is 0 Å². The Morgan fingerprint density at radius 2 is 1.67 bits per heavy atom. The van der Waals surface area contributed by atoms with Crippen molar-refractivity contribution in [3.63, 3.8) is 0 Å². The molecule has 0 saturated heterocycles. The fraction of sp³-hybridized carbons (Fsp3) is 0.368. The summed E-state index contributed by atoms with van der Waals surface area (Å²) in [4.78, 5) is 2.34. The molecule has 0 aliphatic heterocycles. The van der Waals surface area contributed by atoms with E-state index in [1.165, 1.54) is 23.1 Å². The largest absolute Gasteiger partial charge is 0.497 e. The maximum Gasteiger partial charge on any atom is 0.118 e. The average molecular weight is 281 g/mol. The highest BCUT2D eigenvalue weighted by atomic mass is 16.5. The molecule has 1 aliphatic rings. The molecule has 3 rings (SSSR count). The number of rotatable bonds is 4. The van der Waals surface area contributed by atoms with Gasteiger partial charge >= 0.3 is 0 Å². The number of methoxy groups -OCH3 is 1. The zero-order valence-corrected chi connectivity index (χ0v) is 13.0. The first-order valence-corrected chi connectivity index (χ1v) is 7.57. The minimum Gasteiger partial charge on any atom is -0.497 e. The van der Waals surface area contributed by atoms with E-state index in [-0.39, 0.29) is 0 Å². The zero-order chi connectivity index (χ0) is 14.8. The molecule has 0 saturated carbocycles. The van der Waals surface area contributed by atoms with Crippen LogP contribution in [0.4, 0.5) is 0 Å². The van der Waals surface area contributed by atoms with Gasteiger partial charge in [-0.1, -0.05) is 36.4 Å². The molecular weight excluding hydrogens is 258 g/mol. The van der Waals surface area contributed by atoms with Crippen LogP contribution in [0.1, 0.15) is 35.1 Å². The Balaban J connectivity index is 1.83. The molecule has 0 heterocycles. The first kappa shape index (κ1) is 14.2. The van der Waals surface area contributed by atoms with Crippen LogP contribution in [0.25, 0.3) is 0 Å². The Morgan fingerprint density at radius 1 is 1.00 bits per heavy atom. The number of benzene rings is 2. The zero-order valence-electron chi connectivity index (χ0n) is 13.0. The minimum atomic E-state index is 0.546. The second-order valence-electron chi connectivity index (χ2n) is 6.09. The van der Waals surface area contributed by atoms with Gasteiger partial charge in [-0.05, 0) is 61.7 Å². The van der Waals surface area contributed by atoms with Gasteiger partial charge in [-0.3, -0.25) is 0 Å². The Hall–Kier alpha value is -1.80. The maximum atomic E-state index is 5.24. The van der Waals surface area contributed by atoms with Gasteiger partial charge in [0.1, 0.15) is 5.75 Å². The van der Waals surface area contributed by atoms with Crippen LogP contribution >= 0.6 is 0 Å². The molecule has 0 amide bonds. The summed E-state index contributed by atoms with van der Waals surface area (Å²) in [5.41, 5.74) is 4.41. The molecule has 2 nitrogen and oxygen atoms in total. The molecule has 0 fully saturated rings. The fourth-order valence-corrected chi connectivity index (χ4v) is 3.44. The quantitative estimate of drug-likeness (QED) is 0.839. The van der Waals surface area contributed by atoms with E-state index in [1.807, 2.05) is 0 Å². The van der Waals surface area contributed by atoms with Crippen LogP contribution in [-0.4, -0.2) is 26.1 Å². The molecule has 0 N–H and O–H groups in total. The van der Waals surface area contributed by atoms with Crippen LogP contribution in [0.5, 0.6) is 5.75 Å². The molecule has 2 unspecified atom stereocenters. The summed E-state index contributed by atoms with van der Waals surface area (Å²) in [5.74, 6) is 1.54. The molecule has 0 spiro atoms. The third-order valence-corrected chi connectivity index (χ3v) is 4.57. The second kappa shape index (κ2) is 5.90. The Bertz CT molecular complexity index is 603. The SMILES string of the molecule is COc1ccc(CC2CC(N(C)C)c3ccccc32)cc1. The third kappa shape index (κ3) is 2.81. The van der Waals surface area contributed by atoms with Crippen LogP contribution in [0.2, 0.25) is 0 Å². The highest BCUT2D eigenvalue weighted by Crippen LogP contribution is 2.44. The fourth-order valence-electron chi connectivity index (χ4n) is 3.44. The summed E-state index contributed by atoms with van der Waals surface area (Å²) in [6.45, 7) is 0. The summed E-state index contributed by atoms with van der Waals surface area (Å²) < 4.78 is 5.24. The molecule has 2 atom stereocenters. The lowest BCUT2D eigenvalue weighted by Crippen LogP contribution is -2.17. The van der Waals surface area contributed by atoms with Crippen molar-refractivity contribution >= 4 is 0 Å². The van der Waals surface area contributed by atoms with Crippen molar-refractivity contribution in [2.75, 3.05) is 21.2 Å². The van der Waals surface area contributed by atoms with Gasteiger partial charge < -0.3 is 9.64 Å². The highest BCUT2D eigenvalue weighted by molar-refractivity contribution is 5.39. The van der Waals surface area contributed by atoms with Crippen molar-refractivity contribution < 1.29 is 4.74 Å². The molecule has 110 valence electrons. The number of fused-ring (bicyclic) bond motifs is 1. The van der Waals surface area contributed by atoms with Crippen LogP contribution < -0.4 is 4.74 Å². The first-order valence-electron chi connectivity index (χ1n) is 7.57. The normalized spacial score (nSPS) is 20.6. The van der Waals surface area contributed by atoms with Crippen LogP contribution in [0.3, 0.4) is 0 Å². The second-order valence-corrected chi connectivity index (χ2v) is 6.09. The molecule has 0 aromatic heterocycles. The minimum absolute atomic E-state index is 0.546. The highest BCUT2D eigenvalue weighted by Gasteiger charge is 2.31. The van der Waals surface area contributed by atoms with Gasteiger partial charge in [0.2, 0.25) is 0 Å². The van der Waals surface area contributed by atoms with Crippen molar-refractivity contribution in [1.29, 1.82) is 0 Å². The van der Waals surface area contributed by atoms with Crippen molar-refractivity contribution in [2.24, 2.45) is 0 Å². The van der Waals surface area contributed by atoms with Crippen molar-refractivity contribution in [1.82, 2.24) is 4.90 Å². The van der Waals surface area contributed by atoms with Gasteiger partial charge in [-0.25, -0.2) is 0 Å². The lowest BCUT2D eigenvalue weighted by molar-refractivity contribution is 0.288. The Kier molecular flexibility index (Phi) is 3.98. The van der Waals surface area contributed by atoms with Gasteiger partial charge in [0.15, 0.2) is 0 Å². The molecule has 21 heavy (non-hydrogen) atoms.